The van der Waals surface area contributed by atoms with Gasteiger partial charge in [0.1, 0.15) is 5.75 Å². The quantitative estimate of drug-likeness (QED) is 0.522. The molecular formula is C13H12O2. The number of rotatable bonds is 1. The Balaban J connectivity index is 2.65. The van der Waals surface area contributed by atoms with Gasteiger partial charge in [0.05, 0.1) is 0 Å². The fourth-order valence-corrected chi connectivity index (χ4v) is 1.68. The number of hydrogen-bond donors (Lipinski definition) is 0. The predicted octanol–water partition coefficient (Wildman–Crippen LogP) is 3.07. The third-order valence-corrected chi connectivity index (χ3v) is 2.35. The molecule has 0 aliphatic carbocycles. The fourth-order valence-electron chi connectivity index (χ4n) is 1.68. The Morgan fingerprint density at radius 2 is 1.73 bits per heavy atom. The Bertz CT molecular complexity index is 515. The van der Waals surface area contributed by atoms with Crippen molar-refractivity contribution < 1.29 is 9.53 Å². The minimum Gasteiger partial charge on any atom is -0.426 e. The molecule has 0 aliphatic rings. The van der Waals surface area contributed by atoms with E-state index < -0.39 is 0 Å². The highest BCUT2D eigenvalue weighted by Gasteiger charge is 2.04. The van der Waals surface area contributed by atoms with E-state index in [2.05, 4.69) is 0 Å². The summed E-state index contributed by atoms with van der Waals surface area (Å²) in [4.78, 5) is 10.9. The van der Waals surface area contributed by atoms with Gasteiger partial charge in [-0.15, -0.1) is 0 Å². The minimum atomic E-state index is -0.288. The minimum absolute atomic E-state index is 0.288. The van der Waals surface area contributed by atoms with Crippen molar-refractivity contribution >= 4 is 16.7 Å². The Morgan fingerprint density at radius 1 is 1.07 bits per heavy atom. The van der Waals surface area contributed by atoms with E-state index in [0.717, 1.165) is 10.8 Å². The van der Waals surface area contributed by atoms with Crippen LogP contribution in [0.25, 0.3) is 10.8 Å². The molecule has 0 atom stereocenters. The maximum Gasteiger partial charge on any atom is 0.308 e. The summed E-state index contributed by atoms with van der Waals surface area (Å²) >= 11 is 0. The highest BCUT2D eigenvalue weighted by molar-refractivity contribution is 5.92. The molecule has 0 saturated carbocycles. The third kappa shape index (κ3) is 1.84. The summed E-state index contributed by atoms with van der Waals surface area (Å²) in [5.41, 5.74) is 1.18. The molecule has 0 heterocycles. The van der Waals surface area contributed by atoms with Crippen LogP contribution in [0.2, 0.25) is 0 Å². The van der Waals surface area contributed by atoms with Crippen molar-refractivity contribution in [2.24, 2.45) is 0 Å². The summed E-state index contributed by atoms with van der Waals surface area (Å²) in [5, 5.41) is 2.10. The molecule has 0 spiro atoms. The lowest BCUT2D eigenvalue weighted by Gasteiger charge is -2.07. The molecule has 0 N–H and O–H groups in total. The van der Waals surface area contributed by atoms with Gasteiger partial charge in [-0.25, -0.2) is 0 Å². The molecule has 0 unspecified atom stereocenters. The zero-order valence-corrected chi connectivity index (χ0v) is 8.78. The zero-order chi connectivity index (χ0) is 10.8. The number of carbonyl (C=O) groups excluding carboxylic acids is 1. The summed E-state index contributed by atoms with van der Waals surface area (Å²) in [7, 11) is 0. The smallest absolute Gasteiger partial charge is 0.308 e. The van der Waals surface area contributed by atoms with Gasteiger partial charge in [0.2, 0.25) is 0 Å². The number of benzene rings is 2. The lowest BCUT2D eigenvalue weighted by molar-refractivity contribution is -0.131. The van der Waals surface area contributed by atoms with Crippen molar-refractivity contribution in [3.05, 3.63) is 42.0 Å². The van der Waals surface area contributed by atoms with Crippen LogP contribution in [0.15, 0.2) is 36.4 Å². The van der Waals surface area contributed by atoms with E-state index >= 15 is 0 Å². The maximum atomic E-state index is 10.9. The Kier molecular flexibility index (Phi) is 2.42. The molecule has 0 aliphatic heterocycles. The van der Waals surface area contributed by atoms with Crippen LogP contribution in [0, 0.1) is 6.92 Å². The summed E-state index contributed by atoms with van der Waals surface area (Å²) in [6.07, 6.45) is 0. The number of ether oxygens (including phenoxy) is 1. The number of hydrogen-bond acceptors (Lipinski definition) is 2. The van der Waals surface area contributed by atoms with E-state index in [1.165, 1.54) is 12.5 Å². The molecule has 2 nitrogen and oxygen atoms in total. The number of fused-ring (bicyclic) bond motifs is 1. The Hall–Kier alpha value is -1.83. The van der Waals surface area contributed by atoms with Crippen LogP contribution < -0.4 is 4.74 Å². The van der Waals surface area contributed by atoms with E-state index in [1.54, 1.807) is 0 Å². The molecule has 0 fully saturated rings. The van der Waals surface area contributed by atoms with Gasteiger partial charge in [0, 0.05) is 12.3 Å². The second kappa shape index (κ2) is 3.73. The molecule has 0 aromatic heterocycles. The molecule has 2 rings (SSSR count). The monoisotopic (exact) mass is 200 g/mol. The molecule has 0 saturated heterocycles. The van der Waals surface area contributed by atoms with Crippen molar-refractivity contribution in [3.63, 3.8) is 0 Å². The molecule has 0 amide bonds. The van der Waals surface area contributed by atoms with Gasteiger partial charge in [-0.2, -0.15) is 0 Å². The van der Waals surface area contributed by atoms with Crippen molar-refractivity contribution in [3.8, 4) is 5.75 Å². The lowest BCUT2D eigenvalue weighted by Crippen LogP contribution is -2.01. The van der Waals surface area contributed by atoms with Gasteiger partial charge in [-0.1, -0.05) is 30.3 Å². The summed E-state index contributed by atoms with van der Waals surface area (Å²) in [5.74, 6) is 0.340. The van der Waals surface area contributed by atoms with Crippen molar-refractivity contribution in [1.82, 2.24) is 0 Å². The van der Waals surface area contributed by atoms with Gasteiger partial charge < -0.3 is 4.74 Å². The largest absolute Gasteiger partial charge is 0.426 e. The number of aryl methyl sites for hydroxylation is 1. The molecule has 76 valence electrons. The fraction of sp³-hybridized carbons (Fsp3) is 0.154. The van der Waals surface area contributed by atoms with Gasteiger partial charge in [0.15, 0.2) is 0 Å². The summed E-state index contributed by atoms with van der Waals surface area (Å²) in [6, 6.07) is 11.7. The van der Waals surface area contributed by atoms with E-state index in [1.807, 2.05) is 43.3 Å². The second-order valence-electron chi connectivity index (χ2n) is 3.52. The standard InChI is InChI=1S/C13H12O2/c1-9-5-3-7-12-11(9)6-4-8-13(12)15-10(2)14/h3-8H,1-2H3. The molecule has 0 radical (unpaired) electrons. The molecular weight excluding hydrogens is 188 g/mol. The van der Waals surface area contributed by atoms with Crippen LogP contribution in [-0.2, 0) is 4.79 Å². The highest BCUT2D eigenvalue weighted by Crippen LogP contribution is 2.27. The van der Waals surface area contributed by atoms with Crippen molar-refractivity contribution in [2.75, 3.05) is 0 Å². The van der Waals surface area contributed by atoms with E-state index in [9.17, 15) is 4.79 Å². The van der Waals surface area contributed by atoms with Gasteiger partial charge in [-0.05, 0) is 23.9 Å². The van der Waals surface area contributed by atoms with Crippen molar-refractivity contribution in [1.29, 1.82) is 0 Å². The predicted molar refractivity (Wildman–Crippen MR) is 60.0 cm³/mol. The van der Waals surface area contributed by atoms with Crippen LogP contribution in [0.3, 0.4) is 0 Å². The van der Waals surface area contributed by atoms with Gasteiger partial charge >= 0.3 is 5.97 Å². The van der Waals surface area contributed by atoms with Crippen LogP contribution in [0.1, 0.15) is 12.5 Å². The van der Waals surface area contributed by atoms with Crippen LogP contribution >= 0.6 is 0 Å². The first-order chi connectivity index (χ1) is 7.18. The lowest BCUT2D eigenvalue weighted by atomic mass is 10.1. The first kappa shape index (κ1) is 9.71. The first-order valence-corrected chi connectivity index (χ1v) is 4.85. The normalized spacial score (nSPS) is 10.3. The average Bonchev–Trinajstić information content (AvgIpc) is 2.19. The third-order valence-electron chi connectivity index (χ3n) is 2.35. The SMILES string of the molecule is CC(=O)Oc1cccc2c(C)cccc12. The average molecular weight is 200 g/mol. The molecule has 0 bridgehead atoms. The number of carbonyl (C=O) groups is 1. The zero-order valence-electron chi connectivity index (χ0n) is 8.78. The molecule has 15 heavy (non-hydrogen) atoms. The highest BCUT2D eigenvalue weighted by atomic mass is 16.5. The van der Waals surface area contributed by atoms with Crippen molar-refractivity contribution in [2.45, 2.75) is 13.8 Å². The summed E-state index contributed by atoms with van der Waals surface area (Å²) in [6.45, 7) is 3.45. The van der Waals surface area contributed by atoms with Crippen LogP contribution in [0.5, 0.6) is 5.75 Å². The van der Waals surface area contributed by atoms with Gasteiger partial charge in [0.25, 0.3) is 0 Å². The van der Waals surface area contributed by atoms with E-state index in [0.29, 0.717) is 5.75 Å². The molecule has 2 aromatic rings. The maximum absolute atomic E-state index is 10.9. The van der Waals surface area contributed by atoms with Gasteiger partial charge in [-0.3, -0.25) is 4.79 Å². The van der Waals surface area contributed by atoms with E-state index in [-0.39, 0.29) is 5.97 Å². The Morgan fingerprint density at radius 3 is 2.47 bits per heavy atom. The summed E-state index contributed by atoms with van der Waals surface area (Å²) < 4.78 is 5.14. The van der Waals surface area contributed by atoms with Crippen LogP contribution in [-0.4, -0.2) is 5.97 Å². The number of esters is 1. The second-order valence-corrected chi connectivity index (χ2v) is 3.52. The molecule has 2 aromatic carbocycles. The van der Waals surface area contributed by atoms with Crippen LogP contribution in [0.4, 0.5) is 0 Å². The van der Waals surface area contributed by atoms with E-state index in [4.69, 9.17) is 4.74 Å². The topological polar surface area (TPSA) is 26.3 Å². The Labute approximate surface area is 88.5 Å². The molecule has 2 heteroatoms. The first-order valence-electron chi connectivity index (χ1n) is 4.85.